The molecule has 1 aromatic carbocycles. The van der Waals surface area contributed by atoms with Crippen LogP contribution in [0.4, 0.5) is 0 Å². The van der Waals surface area contributed by atoms with Crippen molar-refractivity contribution in [1.29, 1.82) is 0 Å². The van der Waals surface area contributed by atoms with Gasteiger partial charge in [0.05, 0.1) is 6.61 Å². The summed E-state index contributed by atoms with van der Waals surface area (Å²) in [6.07, 6.45) is 2.56. The van der Waals surface area contributed by atoms with Crippen molar-refractivity contribution >= 4 is 11.8 Å². The molecule has 114 valence electrons. The van der Waals surface area contributed by atoms with E-state index in [9.17, 15) is 0 Å². The number of thioether (sulfide) groups is 1. The number of aryl methyl sites for hydroxylation is 1. The first-order valence-electron chi connectivity index (χ1n) is 7.62. The minimum absolute atomic E-state index is 0.615. The van der Waals surface area contributed by atoms with Crippen molar-refractivity contribution in [3.8, 4) is 0 Å². The second-order valence-corrected chi connectivity index (χ2v) is 6.54. The monoisotopic (exact) mass is 295 g/mol. The van der Waals surface area contributed by atoms with Gasteiger partial charge >= 0.3 is 0 Å². The molecule has 1 unspecified atom stereocenters. The lowest BCUT2D eigenvalue weighted by molar-refractivity contribution is 0.198. The Labute approximate surface area is 128 Å². The highest BCUT2D eigenvalue weighted by atomic mass is 32.2. The molecule has 0 aromatic heterocycles. The van der Waals surface area contributed by atoms with E-state index in [1.165, 1.54) is 35.5 Å². The second kappa shape index (κ2) is 11.2. The van der Waals surface area contributed by atoms with Gasteiger partial charge in [-0.1, -0.05) is 36.8 Å². The van der Waals surface area contributed by atoms with Crippen LogP contribution in [0.25, 0.3) is 0 Å². The van der Waals surface area contributed by atoms with Crippen molar-refractivity contribution in [2.45, 2.75) is 32.6 Å². The summed E-state index contributed by atoms with van der Waals surface area (Å²) in [6, 6.07) is 8.94. The molecule has 1 aromatic rings. The van der Waals surface area contributed by atoms with Crippen LogP contribution in [0.5, 0.6) is 0 Å². The molecule has 0 aliphatic heterocycles. The maximum atomic E-state index is 5.10. The molecule has 0 aliphatic carbocycles. The van der Waals surface area contributed by atoms with Crippen LogP contribution in [0.1, 0.15) is 36.8 Å². The summed E-state index contributed by atoms with van der Waals surface area (Å²) in [6.45, 7) is 7.17. The van der Waals surface area contributed by atoms with E-state index in [1.807, 2.05) is 11.8 Å². The molecule has 0 bridgehead atoms. The third-order valence-corrected chi connectivity index (χ3v) is 4.42. The molecule has 20 heavy (non-hydrogen) atoms. The van der Waals surface area contributed by atoms with E-state index in [-0.39, 0.29) is 0 Å². The van der Waals surface area contributed by atoms with Crippen LogP contribution in [0, 0.1) is 6.92 Å². The standard InChI is InChI=1S/C17H29NOS/c1-4-20-12-6-9-17(14-18-10-11-19-3)16-8-5-7-15(2)13-16/h5,7-8,13,17-18H,4,6,9-12,14H2,1-3H3. The molecule has 1 N–H and O–H groups in total. The first-order chi connectivity index (χ1) is 9.77. The lowest BCUT2D eigenvalue weighted by Gasteiger charge is -2.18. The van der Waals surface area contributed by atoms with Crippen molar-refractivity contribution in [3.05, 3.63) is 35.4 Å². The minimum Gasteiger partial charge on any atom is -0.383 e. The van der Waals surface area contributed by atoms with Gasteiger partial charge in [0, 0.05) is 20.2 Å². The van der Waals surface area contributed by atoms with Crippen LogP contribution in [-0.4, -0.2) is 38.3 Å². The Morgan fingerprint density at radius 1 is 1.35 bits per heavy atom. The molecular weight excluding hydrogens is 266 g/mol. The molecule has 0 heterocycles. The fourth-order valence-corrected chi connectivity index (χ4v) is 3.00. The number of rotatable bonds is 11. The van der Waals surface area contributed by atoms with E-state index in [0.717, 1.165) is 19.7 Å². The molecule has 1 atom stereocenters. The zero-order valence-corrected chi connectivity index (χ0v) is 14.0. The van der Waals surface area contributed by atoms with Crippen molar-refractivity contribution in [2.75, 3.05) is 38.3 Å². The Morgan fingerprint density at radius 3 is 2.90 bits per heavy atom. The minimum atomic E-state index is 0.615. The van der Waals surface area contributed by atoms with E-state index in [0.29, 0.717) is 5.92 Å². The average Bonchev–Trinajstić information content (AvgIpc) is 2.45. The smallest absolute Gasteiger partial charge is 0.0587 e. The highest BCUT2D eigenvalue weighted by molar-refractivity contribution is 7.99. The third kappa shape index (κ3) is 7.32. The Bertz CT molecular complexity index is 345. The lowest BCUT2D eigenvalue weighted by Crippen LogP contribution is -2.25. The van der Waals surface area contributed by atoms with Gasteiger partial charge in [-0.25, -0.2) is 0 Å². The number of ether oxygens (including phenoxy) is 1. The van der Waals surface area contributed by atoms with Gasteiger partial charge in [0.25, 0.3) is 0 Å². The molecule has 0 saturated carbocycles. The molecule has 2 nitrogen and oxygen atoms in total. The summed E-state index contributed by atoms with van der Waals surface area (Å²) < 4.78 is 5.10. The molecule has 3 heteroatoms. The van der Waals surface area contributed by atoms with Gasteiger partial charge in [-0.15, -0.1) is 0 Å². The predicted molar refractivity (Wildman–Crippen MR) is 90.9 cm³/mol. The fraction of sp³-hybridized carbons (Fsp3) is 0.647. The molecule has 0 radical (unpaired) electrons. The summed E-state index contributed by atoms with van der Waals surface area (Å²) >= 11 is 2.04. The van der Waals surface area contributed by atoms with E-state index in [1.54, 1.807) is 7.11 Å². The van der Waals surface area contributed by atoms with E-state index < -0.39 is 0 Å². The van der Waals surface area contributed by atoms with Crippen molar-refractivity contribution in [1.82, 2.24) is 5.32 Å². The maximum Gasteiger partial charge on any atom is 0.0587 e. The highest BCUT2D eigenvalue weighted by Gasteiger charge is 2.11. The van der Waals surface area contributed by atoms with Gasteiger partial charge in [0.2, 0.25) is 0 Å². The van der Waals surface area contributed by atoms with Gasteiger partial charge in [-0.2, -0.15) is 11.8 Å². The fourth-order valence-electron chi connectivity index (χ4n) is 2.34. The number of benzene rings is 1. The molecule has 0 amide bonds. The summed E-state index contributed by atoms with van der Waals surface area (Å²) in [7, 11) is 1.75. The van der Waals surface area contributed by atoms with Crippen molar-refractivity contribution in [2.24, 2.45) is 0 Å². The molecule has 0 fully saturated rings. The second-order valence-electron chi connectivity index (χ2n) is 5.15. The number of methoxy groups -OCH3 is 1. The molecule has 0 spiro atoms. The molecule has 0 aliphatic rings. The zero-order valence-electron chi connectivity index (χ0n) is 13.2. The van der Waals surface area contributed by atoms with Crippen LogP contribution in [0.3, 0.4) is 0 Å². The summed E-state index contributed by atoms with van der Waals surface area (Å²) in [5, 5.41) is 3.51. The maximum absolute atomic E-state index is 5.10. The third-order valence-electron chi connectivity index (χ3n) is 3.43. The quantitative estimate of drug-likeness (QED) is 0.627. The lowest BCUT2D eigenvalue weighted by atomic mass is 9.93. The predicted octanol–water partition coefficient (Wildman–Crippen LogP) is 3.85. The SMILES string of the molecule is CCSCCCC(CNCCOC)c1cccc(C)c1. The van der Waals surface area contributed by atoms with Crippen molar-refractivity contribution in [3.63, 3.8) is 0 Å². The van der Waals surface area contributed by atoms with Gasteiger partial charge in [0.15, 0.2) is 0 Å². The largest absolute Gasteiger partial charge is 0.383 e. The first kappa shape index (κ1) is 17.5. The molecule has 1 rings (SSSR count). The van der Waals surface area contributed by atoms with Crippen LogP contribution < -0.4 is 5.32 Å². The normalized spacial score (nSPS) is 12.6. The highest BCUT2D eigenvalue weighted by Crippen LogP contribution is 2.22. The van der Waals surface area contributed by atoms with E-state index >= 15 is 0 Å². The summed E-state index contributed by atoms with van der Waals surface area (Å²) in [4.78, 5) is 0. The van der Waals surface area contributed by atoms with E-state index in [4.69, 9.17) is 4.74 Å². The van der Waals surface area contributed by atoms with Crippen molar-refractivity contribution < 1.29 is 4.74 Å². The number of hydrogen-bond donors (Lipinski definition) is 1. The Balaban J connectivity index is 2.49. The average molecular weight is 295 g/mol. The van der Waals surface area contributed by atoms with Gasteiger partial charge in [-0.3, -0.25) is 0 Å². The van der Waals surface area contributed by atoms with Crippen LogP contribution in [0.15, 0.2) is 24.3 Å². The van der Waals surface area contributed by atoms with Crippen LogP contribution >= 0.6 is 11.8 Å². The number of hydrogen-bond acceptors (Lipinski definition) is 3. The summed E-state index contributed by atoms with van der Waals surface area (Å²) in [5.74, 6) is 3.11. The van der Waals surface area contributed by atoms with Gasteiger partial charge in [0.1, 0.15) is 0 Å². The van der Waals surface area contributed by atoms with Crippen LogP contribution in [0.2, 0.25) is 0 Å². The molecular formula is C17H29NOS. The first-order valence-corrected chi connectivity index (χ1v) is 8.77. The summed E-state index contributed by atoms with van der Waals surface area (Å²) in [5.41, 5.74) is 2.82. The van der Waals surface area contributed by atoms with E-state index in [2.05, 4.69) is 43.4 Å². The van der Waals surface area contributed by atoms with Gasteiger partial charge in [-0.05, 0) is 42.8 Å². The topological polar surface area (TPSA) is 21.3 Å². The van der Waals surface area contributed by atoms with Gasteiger partial charge < -0.3 is 10.1 Å². The Hall–Kier alpha value is -0.510. The zero-order chi connectivity index (χ0) is 14.6. The Morgan fingerprint density at radius 2 is 2.20 bits per heavy atom. The molecule has 0 saturated heterocycles. The number of nitrogens with one attached hydrogen (secondary N) is 1. The Kier molecular flexibility index (Phi) is 9.81. The van der Waals surface area contributed by atoms with Crippen LogP contribution in [-0.2, 0) is 4.74 Å².